The first-order valence-electron chi connectivity index (χ1n) is 11.1. The van der Waals surface area contributed by atoms with Crippen molar-refractivity contribution >= 4 is 39.6 Å². The fraction of sp³-hybridized carbons (Fsp3) is 0.375. The summed E-state index contributed by atoms with van der Waals surface area (Å²) in [6, 6.07) is 9.81. The molecule has 1 saturated heterocycles. The minimum atomic E-state index is -4.26. The quantitative estimate of drug-likeness (QED) is 0.246. The molecule has 2 aliphatic rings. The summed E-state index contributed by atoms with van der Waals surface area (Å²) < 4.78 is 32.7. The molecule has 10 heteroatoms. The van der Waals surface area contributed by atoms with Crippen LogP contribution in [0.15, 0.2) is 46.2 Å². The van der Waals surface area contributed by atoms with Crippen molar-refractivity contribution in [2.24, 2.45) is 0 Å². The molecule has 180 valence electrons. The molecule has 3 amide bonds. The molecule has 2 heterocycles. The average molecular weight is 503 g/mol. The summed E-state index contributed by atoms with van der Waals surface area (Å²) in [5, 5.41) is 2.32. The Labute approximate surface area is 202 Å². The number of piperidine rings is 1. The number of unbranched alkanes of at least 4 members (excludes halogenated alkanes) is 1. The smallest absolute Gasteiger partial charge is 0.294 e. The molecule has 34 heavy (non-hydrogen) atoms. The fourth-order valence-electron chi connectivity index (χ4n) is 4.45. The van der Waals surface area contributed by atoms with Crippen LogP contribution in [0.5, 0.6) is 0 Å². The lowest BCUT2D eigenvalue weighted by molar-refractivity contribution is -0.136. The molecule has 0 bridgehead atoms. The standard InChI is InChI=1S/C24H26N2O6S2/c1-15-8-10-21(34(30,31)32)16(13-15)5-2-3-12-33-20-7-4-6-17-18(20)14-26(24(17)29)19-9-11-22(27)25-23(19)28/h4,6-8,10,13,19H,2-3,5,9,11-12,14H2,1H3,(H,25,27,28)(H,30,31,32). The zero-order valence-corrected chi connectivity index (χ0v) is 20.4. The van der Waals surface area contributed by atoms with E-state index >= 15 is 0 Å². The number of carbonyl (C=O) groups excluding carboxylic acids is 3. The molecule has 1 atom stereocenters. The van der Waals surface area contributed by atoms with Crippen LogP contribution in [0.25, 0.3) is 0 Å². The summed E-state index contributed by atoms with van der Waals surface area (Å²) in [7, 11) is -4.26. The Hall–Kier alpha value is -2.69. The Bertz CT molecular complexity index is 1260. The lowest BCUT2D eigenvalue weighted by atomic mass is 10.0. The van der Waals surface area contributed by atoms with Crippen LogP contribution in [-0.4, -0.2) is 47.4 Å². The number of rotatable bonds is 8. The van der Waals surface area contributed by atoms with Crippen LogP contribution >= 0.6 is 11.8 Å². The number of nitrogens with one attached hydrogen (secondary N) is 1. The molecule has 1 fully saturated rings. The number of hydrogen-bond donors (Lipinski definition) is 2. The van der Waals surface area contributed by atoms with Crippen molar-refractivity contribution in [1.29, 1.82) is 0 Å². The lowest BCUT2D eigenvalue weighted by Gasteiger charge is -2.29. The van der Waals surface area contributed by atoms with Gasteiger partial charge in [0.2, 0.25) is 11.8 Å². The molecule has 0 spiro atoms. The van der Waals surface area contributed by atoms with Gasteiger partial charge in [-0.1, -0.05) is 23.8 Å². The van der Waals surface area contributed by atoms with E-state index in [4.69, 9.17) is 0 Å². The SMILES string of the molecule is Cc1ccc(S(=O)(=O)O)c(CCCCSc2cccc3c2CN(C2CCC(=O)NC2=O)C3=O)c1. The van der Waals surface area contributed by atoms with Gasteiger partial charge in [0.1, 0.15) is 6.04 Å². The van der Waals surface area contributed by atoms with Crippen molar-refractivity contribution in [3.8, 4) is 0 Å². The van der Waals surface area contributed by atoms with E-state index in [1.54, 1.807) is 34.9 Å². The van der Waals surface area contributed by atoms with E-state index in [9.17, 15) is 27.4 Å². The maximum atomic E-state index is 12.9. The number of amides is 3. The molecule has 2 N–H and O–H groups in total. The Morgan fingerprint density at radius 3 is 2.68 bits per heavy atom. The third-order valence-electron chi connectivity index (χ3n) is 6.13. The molecule has 4 rings (SSSR count). The second-order valence-electron chi connectivity index (χ2n) is 8.57. The largest absolute Gasteiger partial charge is 0.322 e. The second-order valence-corrected chi connectivity index (χ2v) is 11.1. The highest BCUT2D eigenvalue weighted by Crippen LogP contribution is 2.34. The zero-order chi connectivity index (χ0) is 24.5. The van der Waals surface area contributed by atoms with Crippen LogP contribution in [0.4, 0.5) is 0 Å². The second kappa shape index (κ2) is 9.89. The summed E-state index contributed by atoms with van der Waals surface area (Å²) in [4.78, 5) is 39.1. The van der Waals surface area contributed by atoms with Gasteiger partial charge >= 0.3 is 0 Å². The van der Waals surface area contributed by atoms with Gasteiger partial charge in [-0.15, -0.1) is 11.8 Å². The van der Waals surface area contributed by atoms with Crippen molar-refractivity contribution in [3.63, 3.8) is 0 Å². The van der Waals surface area contributed by atoms with Gasteiger partial charge in [-0.3, -0.25) is 24.3 Å². The molecule has 0 radical (unpaired) electrons. The van der Waals surface area contributed by atoms with Gasteiger partial charge in [-0.2, -0.15) is 8.42 Å². The van der Waals surface area contributed by atoms with Crippen LogP contribution in [0.3, 0.4) is 0 Å². The summed E-state index contributed by atoms with van der Waals surface area (Å²) in [6.07, 6.45) is 2.65. The minimum Gasteiger partial charge on any atom is -0.322 e. The van der Waals surface area contributed by atoms with E-state index in [1.165, 1.54) is 6.07 Å². The number of nitrogens with zero attached hydrogens (tertiary/aromatic N) is 1. The van der Waals surface area contributed by atoms with Crippen molar-refractivity contribution < 1.29 is 27.4 Å². The van der Waals surface area contributed by atoms with Crippen LogP contribution in [-0.2, 0) is 32.7 Å². The van der Waals surface area contributed by atoms with Gasteiger partial charge in [-0.05, 0) is 67.7 Å². The first-order valence-corrected chi connectivity index (χ1v) is 13.5. The Kier molecular flexibility index (Phi) is 7.11. The highest BCUT2D eigenvalue weighted by atomic mass is 32.2. The van der Waals surface area contributed by atoms with Gasteiger partial charge < -0.3 is 4.90 Å². The third-order valence-corrected chi connectivity index (χ3v) is 8.27. The predicted octanol–water partition coefficient (Wildman–Crippen LogP) is 3.12. The van der Waals surface area contributed by atoms with E-state index in [0.29, 0.717) is 30.5 Å². The molecular formula is C24H26N2O6S2. The van der Waals surface area contributed by atoms with E-state index in [0.717, 1.165) is 34.6 Å². The summed E-state index contributed by atoms with van der Waals surface area (Å²) in [5.74, 6) is -0.150. The van der Waals surface area contributed by atoms with Gasteiger partial charge in [0.05, 0.1) is 4.90 Å². The van der Waals surface area contributed by atoms with E-state index in [1.807, 2.05) is 19.1 Å². The number of carbonyl (C=O) groups is 3. The minimum absolute atomic E-state index is 0.0429. The molecule has 2 aromatic rings. The van der Waals surface area contributed by atoms with Crippen LogP contribution in [0.2, 0.25) is 0 Å². The first kappa shape index (κ1) is 24.4. The van der Waals surface area contributed by atoms with Crippen LogP contribution < -0.4 is 5.32 Å². The molecule has 8 nitrogen and oxygen atoms in total. The maximum Gasteiger partial charge on any atom is 0.294 e. The molecule has 2 aromatic carbocycles. The number of thioether (sulfide) groups is 1. The predicted molar refractivity (Wildman–Crippen MR) is 127 cm³/mol. The molecular weight excluding hydrogens is 476 g/mol. The maximum absolute atomic E-state index is 12.9. The van der Waals surface area contributed by atoms with E-state index in [2.05, 4.69) is 5.32 Å². The molecule has 0 saturated carbocycles. The fourth-order valence-corrected chi connectivity index (χ4v) is 6.27. The Morgan fingerprint density at radius 2 is 1.94 bits per heavy atom. The van der Waals surface area contributed by atoms with Crippen molar-refractivity contribution in [1.82, 2.24) is 10.2 Å². The van der Waals surface area contributed by atoms with E-state index < -0.39 is 22.1 Å². The van der Waals surface area contributed by atoms with Gasteiger partial charge in [0, 0.05) is 23.4 Å². The van der Waals surface area contributed by atoms with Crippen molar-refractivity contribution in [2.45, 2.75) is 61.4 Å². The van der Waals surface area contributed by atoms with Crippen molar-refractivity contribution in [2.75, 3.05) is 5.75 Å². The first-order chi connectivity index (χ1) is 16.1. The highest BCUT2D eigenvalue weighted by molar-refractivity contribution is 7.99. The molecule has 0 aliphatic carbocycles. The summed E-state index contributed by atoms with van der Waals surface area (Å²) in [5.41, 5.74) is 3.03. The monoisotopic (exact) mass is 502 g/mol. The normalized spacial score (nSPS) is 18.2. The number of benzene rings is 2. The van der Waals surface area contributed by atoms with Crippen LogP contribution in [0.1, 0.15) is 52.7 Å². The third kappa shape index (κ3) is 5.18. The zero-order valence-electron chi connectivity index (χ0n) is 18.7. The number of fused-ring (bicyclic) bond motifs is 1. The summed E-state index contributed by atoms with van der Waals surface area (Å²) >= 11 is 1.62. The topological polar surface area (TPSA) is 121 Å². The Balaban J connectivity index is 1.36. The Morgan fingerprint density at radius 1 is 1.15 bits per heavy atom. The molecule has 1 unspecified atom stereocenters. The van der Waals surface area contributed by atoms with Gasteiger partial charge in [-0.25, -0.2) is 0 Å². The van der Waals surface area contributed by atoms with E-state index in [-0.39, 0.29) is 23.1 Å². The highest BCUT2D eigenvalue weighted by Gasteiger charge is 2.39. The number of aryl methyl sites for hydroxylation is 2. The summed E-state index contributed by atoms with van der Waals surface area (Å²) in [6.45, 7) is 2.22. The molecule has 0 aromatic heterocycles. The number of hydrogen-bond acceptors (Lipinski definition) is 6. The van der Waals surface area contributed by atoms with Crippen molar-refractivity contribution in [3.05, 3.63) is 58.7 Å². The number of imide groups is 1. The van der Waals surface area contributed by atoms with Crippen LogP contribution in [0, 0.1) is 6.92 Å². The lowest BCUT2D eigenvalue weighted by Crippen LogP contribution is -2.52. The average Bonchev–Trinajstić information content (AvgIpc) is 3.10. The van der Waals surface area contributed by atoms with Gasteiger partial charge in [0.15, 0.2) is 0 Å². The molecule has 2 aliphatic heterocycles. The van der Waals surface area contributed by atoms with Gasteiger partial charge in [0.25, 0.3) is 16.0 Å².